The number of aliphatic hydroxyl groups excluding tert-OH is 5. The van der Waals surface area contributed by atoms with E-state index in [-0.39, 0.29) is 6.54 Å². The van der Waals surface area contributed by atoms with E-state index in [0.717, 1.165) is 18.1 Å². The average molecular weight is 561 g/mol. The Morgan fingerprint density at radius 3 is 2.05 bits per heavy atom. The first-order valence-electron chi connectivity index (χ1n) is 12.8. The van der Waals surface area contributed by atoms with Crippen LogP contribution in [-0.4, -0.2) is 106 Å². The molecule has 0 unspecified atom stereocenters. The molecule has 1 aliphatic rings. The molecule has 2 aromatic rings. The van der Waals surface area contributed by atoms with E-state index < -0.39 is 68.4 Å². The van der Waals surface area contributed by atoms with Gasteiger partial charge in [-0.25, -0.2) is 0 Å². The molecule has 0 saturated carbocycles. The van der Waals surface area contributed by atoms with Crippen molar-refractivity contribution in [3.63, 3.8) is 0 Å². The van der Waals surface area contributed by atoms with E-state index in [0.29, 0.717) is 6.54 Å². The van der Waals surface area contributed by atoms with Gasteiger partial charge in [-0.05, 0) is 11.1 Å². The quantitative estimate of drug-likeness (QED) is 0.120. The number of hydrogen-bond donors (Lipinski definition) is 5. The second-order valence-electron chi connectivity index (χ2n) is 9.08. The molecule has 0 spiro atoms. The highest BCUT2D eigenvalue weighted by atomic mass is 16.7. The summed E-state index contributed by atoms with van der Waals surface area (Å²) < 4.78 is 22.0. The van der Waals surface area contributed by atoms with Crippen LogP contribution in [0.2, 0.25) is 0 Å². The lowest BCUT2D eigenvalue weighted by atomic mass is 9.99. The summed E-state index contributed by atoms with van der Waals surface area (Å²) in [6.07, 6.45) is -8.84. The molecule has 40 heavy (non-hydrogen) atoms. The maximum absolute atomic E-state index is 11.6. The van der Waals surface area contributed by atoms with Crippen LogP contribution in [0.25, 0.3) is 0 Å². The summed E-state index contributed by atoms with van der Waals surface area (Å²) in [5.74, 6) is -0.768. The Bertz CT molecular complexity index is 1070. The van der Waals surface area contributed by atoms with E-state index in [1.807, 2.05) is 60.7 Å². The smallest absolute Gasteiger partial charge is 0.303 e. The second-order valence-corrected chi connectivity index (χ2v) is 9.08. The normalized spacial score (nSPS) is 25.6. The lowest BCUT2D eigenvalue weighted by Gasteiger charge is -2.42. The highest BCUT2D eigenvalue weighted by molar-refractivity contribution is 5.66. The van der Waals surface area contributed by atoms with Gasteiger partial charge in [-0.2, -0.15) is 0 Å². The first-order valence-corrected chi connectivity index (χ1v) is 12.8. The molecule has 1 aliphatic heterocycles. The highest BCUT2D eigenvalue weighted by Gasteiger charge is 2.48. The van der Waals surface area contributed by atoms with Gasteiger partial charge >= 0.3 is 5.97 Å². The van der Waals surface area contributed by atoms with E-state index in [9.17, 15) is 30.3 Å². The lowest BCUT2D eigenvalue weighted by molar-refractivity contribution is -0.315. The molecule has 1 fully saturated rings. The highest BCUT2D eigenvalue weighted by Crippen LogP contribution is 2.26. The molecule has 2 aromatic carbocycles. The number of benzene rings is 2. The van der Waals surface area contributed by atoms with Crippen molar-refractivity contribution in [2.24, 2.45) is 9.98 Å². The molecule has 8 atom stereocenters. The number of carbonyl (C=O) groups excluding carboxylic acids is 1. The third kappa shape index (κ3) is 9.54. The molecule has 12 heteroatoms. The summed E-state index contributed by atoms with van der Waals surface area (Å²) in [6.45, 7) is 0.368. The largest absolute Gasteiger partial charge is 0.457 e. The molecule has 5 N–H and O–H groups in total. The van der Waals surface area contributed by atoms with Crippen LogP contribution in [0, 0.1) is 0 Å². The molecule has 0 bridgehead atoms. The fourth-order valence-electron chi connectivity index (χ4n) is 3.99. The Labute approximate surface area is 232 Å². The van der Waals surface area contributed by atoms with Gasteiger partial charge in [-0.3, -0.25) is 14.8 Å². The maximum Gasteiger partial charge on any atom is 0.303 e. The van der Waals surface area contributed by atoms with E-state index in [1.165, 1.54) is 12.4 Å². The summed E-state index contributed by atoms with van der Waals surface area (Å²) in [7, 11) is 0. The number of carbonyl (C=O) groups is 1. The summed E-state index contributed by atoms with van der Waals surface area (Å²) in [6, 6.07) is 18.7. The standard InChI is InChI=1S/C28H36N2O10/c1-18(33)37-27-25(35)23(17-32)40-28(26(27)36)39-21(14-29-12-19-8-4-2-5-9-19)22(16-31)38-24(34)15-30-13-20-10-6-3-7-11-20/h2-11,14-15,21-28,31-32,34-36H,12-13,16-17H2,1H3/t21-,22+,23-,24-,25+,26+,27+,28-/m0/s1. The minimum Gasteiger partial charge on any atom is -0.457 e. The third-order valence-corrected chi connectivity index (χ3v) is 5.99. The monoisotopic (exact) mass is 560 g/mol. The predicted octanol–water partition coefficient (Wildman–Crippen LogP) is -0.0198. The first-order chi connectivity index (χ1) is 19.3. The number of ether oxygens (including phenoxy) is 4. The predicted molar refractivity (Wildman–Crippen MR) is 143 cm³/mol. The van der Waals surface area contributed by atoms with Gasteiger partial charge in [-0.1, -0.05) is 60.7 Å². The summed E-state index contributed by atoms with van der Waals surface area (Å²) in [4.78, 5) is 20.1. The topological polar surface area (TPSA) is 180 Å². The van der Waals surface area contributed by atoms with Crippen LogP contribution in [0.5, 0.6) is 0 Å². The molecule has 0 radical (unpaired) electrons. The van der Waals surface area contributed by atoms with Gasteiger partial charge in [0.2, 0.25) is 0 Å². The Morgan fingerprint density at radius 2 is 1.52 bits per heavy atom. The molecule has 1 saturated heterocycles. The fourth-order valence-corrected chi connectivity index (χ4v) is 3.99. The third-order valence-electron chi connectivity index (χ3n) is 5.99. The molecule has 3 rings (SSSR count). The lowest BCUT2D eigenvalue weighted by Crippen LogP contribution is -2.61. The number of hydrogen-bond acceptors (Lipinski definition) is 12. The van der Waals surface area contributed by atoms with Gasteiger partial charge in [0.25, 0.3) is 0 Å². The fraction of sp³-hybridized carbons (Fsp3) is 0.464. The first kappa shape index (κ1) is 31.5. The SMILES string of the molecule is CC(=O)O[C@H]1[C@@H](O)[C@@H](O[C@@H](C=NCc2ccccc2)[C@@H](CO)O[C@H](O)C=NCc2ccccc2)O[C@@H](CO)[C@H]1O. The van der Waals surface area contributed by atoms with Gasteiger partial charge in [0.1, 0.15) is 30.5 Å². The molecule has 218 valence electrons. The Balaban J connectivity index is 1.76. The Hall–Kier alpha value is -3.07. The van der Waals surface area contributed by atoms with Gasteiger partial charge in [-0.15, -0.1) is 0 Å². The molecule has 1 heterocycles. The van der Waals surface area contributed by atoms with Crippen molar-refractivity contribution in [3.8, 4) is 0 Å². The van der Waals surface area contributed by atoms with E-state index >= 15 is 0 Å². The van der Waals surface area contributed by atoms with Crippen molar-refractivity contribution in [2.75, 3.05) is 13.2 Å². The van der Waals surface area contributed by atoms with Crippen LogP contribution in [0.15, 0.2) is 70.6 Å². The average Bonchev–Trinajstić information content (AvgIpc) is 2.95. The van der Waals surface area contributed by atoms with Crippen LogP contribution in [-0.2, 0) is 36.8 Å². The minimum atomic E-state index is -1.66. The summed E-state index contributed by atoms with van der Waals surface area (Å²) in [5.41, 5.74) is 1.81. The van der Waals surface area contributed by atoms with Crippen LogP contribution in [0.1, 0.15) is 18.1 Å². The Kier molecular flexibility index (Phi) is 12.8. The number of aliphatic hydroxyl groups is 5. The molecular formula is C28H36N2O10. The molecular weight excluding hydrogens is 524 g/mol. The van der Waals surface area contributed by atoms with Crippen molar-refractivity contribution < 1.29 is 49.3 Å². The number of nitrogens with zero attached hydrogens (tertiary/aromatic N) is 2. The minimum absolute atomic E-state index is 0.252. The number of esters is 1. The maximum atomic E-state index is 11.6. The van der Waals surface area contributed by atoms with Crippen molar-refractivity contribution in [2.45, 2.75) is 69.2 Å². The van der Waals surface area contributed by atoms with E-state index in [1.54, 1.807) is 0 Å². The zero-order chi connectivity index (χ0) is 28.9. The molecule has 0 aromatic heterocycles. The number of aliphatic imine (C=N–C) groups is 2. The zero-order valence-electron chi connectivity index (χ0n) is 22.0. The van der Waals surface area contributed by atoms with Crippen molar-refractivity contribution in [1.82, 2.24) is 0 Å². The van der Waals surface area contributed by atoms with E-state index in [2.05, 4.69) is 9.98 Å². The van der Waals surface area contributed by atoms with Gasteiger partial charge < -0.3 is 44.5 Å². The summed E-state index contributed by atoms with van der Waals surface area (Å²) in [5, 5.41) is 51.3. The van der Waals surface area contributed by atoms with Crippen LogP contribution in [0.3, 0.4) is 0 Å². The van der Waals surface area contributed by atoms with E-state index in [4.69, 9.17) is 18.9 Å². The molecule has 0 amide bonds. The second kappa shape index (κ2) is 16.3. The van der Waals surface area contributed by atoms with Crippen LogP contribution < -0.4 is 0 Å². The molecule has 0 aliphatic carbocycles. The van der Waals surface area contributed by atoms with Crippen LogP contribution >= 0.6 is 0 Å². The van der Waals surface area contributed by atoms with Crippen molar-refractivity contribution in [3.05, 3.63) is 71.8 Å². The summed E-state index contributed by atoms with van der Waals surface area (Å²) >= 11 is 0. The van der Waals surface area contributed by atoms with Gasteiger partial charge in [0.15, 0.2) is 18.7 Å². The van der Waals surface area contributed by atoms with Gasteiger partial charge in [0.05, 0.1) is 32.5 Å². The van der Waals surface area contributed by atoms with Crippen molar-refractivity contribution >= 4 is 18.4 Å². The van der Waals surface area contributed by atoms with Crippen LogP contribution in [0.4, 0.5) is 0 Å². The number of rotatable bonds is 14. The molecule has 12 nitrogen and oxygen atoms in total. The zero-order valence-corrected chi connectivity index (χ0v) is 22.0. The Morgan fingerprint density at radius 1 is 0.950 bits per heavy atom. The van der Waals surface area contributed by atoms with Gasteiger partial charge in [0, 0.05) is 13.1 Å². The van der Waals surface area contributed by atoms with Crippen molar-refractivity contribution in [1.29, 1.82) is 0 Å².